The van der Waals surface area contributed by atoms with Crippen LogP contribution in [0.1, 0.15) is 11.1 Å². The van der Waals surface area contributed by atoms with Crippen LogP contribution in [0, 0.1) is 11.2 Å². The van der Waals surface area contributed by atoms with Gasteiger partial charge in [0.05, 0.1) is 0 Å². The number of hydrogen-bond donors (Lipinski definition) is 2. The summed E-state index contributed by atoms with van der Waals surface area (Å²) in [5, 5.41) is 7.24. The molecule has 2 rings (SSSR count). The number of nitrogens with one attached hydrogen (secondary N) is 1. The van der Waals surface area contributed by atoms with Crippen molar-refractivity contribution in [3.63, 3.8) is 0 Å². The Morgan fingerprint density at radius 2 is 2.11 bits per heavy atom. The van der Waals surface area contributed by atoms with Crippen LogP contribution >= 0.6 is 0 Å². The third-order valence-corrected chi connectivity index (χ3v) is 4.30. The molecule has 0 bridgehead atoms. The van der Waals surface area contributed by atoms with Gasteiger partial charge >= 0.3 is 0 Å². The first-order valence-electron chi connectivity index (χ1n) is 5.76. The minimum absolute atomic E-state index is 0.131. The van der Waals surface area contributed by atoms with Gasteiger partial charge in [-0.15, -0.1) is 0 Å². The van der Waals surface area contributed by atoms with E-state index in [2.05, 4.69) is 4.90 Å². The first-order chi connectivity index (χ1) is 8.56. The van der Waals surface area contributed by atoms with Crippen LogP contribution in [0.4, 0.5) is 4.39 Å². The normalized spacial score (nSPS) is 17.8. The van der Waals surface area contributed by atoms with Gasteiger partial charge in [-0.25, -0.2) is 4.39 Å². The highest BCUT2D eigenvalue weighted by atomic mass is 32.2. The van der Waals surface area contributed by atoms with E-state index in [1.54, 1.807) is 12.1 Å². The van der Waals surface area contributed by atoms with Crippen LogP contribution in [-0.4, -0.2) is 39.5 Å². The summed E-state index contributed by atoms with van der Waals surface area (Å²) < 4.78 is 25.0. The lowest BCUT2D eigenvalue weighted by Crippen LogP contribution is -2.37. The van der Waals surface area contributed by atoms with Crippen molar-refractivity contribution in [1.82, 2.24) is 4.90 Å². The van der Waals surface area contributed by atoms with Crippen LogP contribution in [0.25, 0.3) is 0 Å². The molecule has 1 heterocycles. The van der Waals surface area contributed by atoms with Gasteiger partial charge in [-0.3, -0.25) is 14.5 Å². The monoisotopic (exact) mass is 269 g/mol. The minimum Gasteiger partial charge on any atom is -0.384 e. The van der Waals surface area contributed by atoms with Crippen LogP contribution in [0.5, 0.6) is 0 Å². The molecule has 0 aromatic heterocycles. The maximum Gasteiger partial charge on any atom is 0.128 e. The van der Waals surface area contributed by atoms with E-state index >= 15 is 0 Å². The molecule has 0 aliphatic carbocycles. The molecule has 0 spiro atoms. The van der Waals surface area contributed by atoms with E-state index in [4.69, 9.17) is 11.1 Å². The van der Waals surface area contributed by atoms with Crippen LogP contribution < -0.4 is 5.73 Å². The van der Waals surface area contributed by atoms with Crippen molar-refractivity contribution in [2.24, 2.45) is 5.73 Å². The third-order valence-electron chi connectivity index (χ3n) is 3.03. The first kappa shape index (κ1) is 13.2. The molecular weight excluding hydrogens is 253 g/mol. The molecule has 1 aliphatic heterocycles. The van der Waals surface area contributed by atoms with Crippen molar-refractivity contribution in [2.45, 2.75) is 6.54 Å². The molecular formula is C12H16FN3OS. The highest BCUT2D eigenvalue weighted by Gasteiger charge is 2.16. The van der Waals surface area contributed by atoms with Gasteiger partial charge < -0.3 is 5.73 Å². The fraction of sp³-hybridized carbons (Fsp3) is 0.417. The molecule has 1 aliphatic rings. The molecule has 1 fully saturated rings. The van der Waals surface area contributed by atoms with Crippen molar-refractivity contribution in [3.05, 3.63) is 35.1 Å². The Balaban J connectivity index is 2.05. The Labute approximate surface area is 108 Å². The van der Waals surface area contributed by atoms with Crippen molar-refractivity contribution in [1.29, 1.82) is 5.41 Å². The molecule has 1 saturated heterocycles. The predicted octanol–water partition coefficient (Wildman–Crippen LogP) is 0.674. The summed E-state index contributed by atoms with van der Waals surface area (Å²) in [6.07, 6.45) is 0. The number of rotatable bonds is 3. The van der Waals surface area contributed by atoms with Crippen molar-refractivity contribution in [3.8, 4) is 0 Å². The zero-order valence-corrected chi connectivity index (χ0v) is 10.8. The molecule has 0 radical (unpaired) electrons. The summed E-state index contributed by atoms with van der Waals surface area (Å²) in [4.78, 5) is 2.09. The highest BCUT2D eigenvalue weighted by molar-refractivity contribution is 7.85. The lowest BCUT2D eigenvalue weighted by molar-refractivity contribution is 0.287. The van der Waals surface area contributed by atoms with E-state index in [0.29, 0.717) is 29.2 Å². The van der Waals surface area contributed by atoms with Gasteiger partial charge in [-0.2, -0.15) is 0 Å². The molecule has 98 valence electrons. The molecule has 6 heteroatoms. The topological polar surface area (TPSA) is 70.2 Å². The van der Waals surface area contributed by atoms with Gasteiger partial charge in [-0.1, -0.05) is 12.1 Å². The SMILES string of the molecule is N=C(N)c1ccc(CN2CCS(=O)CC2)c(F)c1. The second-order valence-corrected chi connectivity index (χ2v) is 6.04. The molecule has 0 saturated carbocycles. The fourth-order valence-electron chi connectivity index (χ4n) is 1.92. The molecule has 0 unspecified atom stereocenters. The Hall–Kier alpha value is -1.27. The van der Waals surface area contributed by atoms with Crippen LogP contribution in [0.2, 0.25) is 0 Å². The first-order valence-corrected chi connectivity index (χ1v) is 7.25. The Kier molecular flexibility index (Phi) is 4.08. The maximum atomic E-state index is 13.8. The number of hydrogen-bond acceptors (Lipinski definition) is 3. The Morgan fingerprint density at radius 1 is 1.44 bits per heavy atom. The number of amidine groups is 1. The van der Waals surface area contributed by atoms with E-state index < -0.39 is 10.8 Å². The van der Waals surface area contributed by atoms with Gasteiger partial charge in [0.15, 0.2) is 0 Å². The summed E-state index contributed by atoms with van der Waals surface area (Å²) in [6, 6.07) is 4.61. The molecule has 1 aromatic rings. The summed E-state index contributed by atoms with van der Waals surface area (Å²) in [5.74, 6) is 0.850. The maximum absolute atomic E-state index is 13.8. The highest BCUT2D eigenvalue weighted by Crippen LogP contribution is 2.14. The van der Waals surface area contributed by atoms with Crippen molar-refractivity contribution in [2.75, 3.05) is 24.6 Å². The number of halogens is 1. The second-order valence-electron chi connectivity index (χ2n) is 4.34. The average molecular weight is 269 g/mol. The van der Waals surface area contributed by atoms with E-state index in [9.17, 15) is 8.60 Å². The largest absolute Gasteiger partial charge is 0.384 e. The zero-order chi connectivity index (χ0) is 13.1. The quantitative estimate of drug-likeness (QED) is 0.626. The van der Waals surface area contributed by atoms with Crippen molar-refractivity contribution >= 4 is 16.6 Å². The summed E-state index contributed by atoms with van der Waals surface area (Å²) in [6.45, 7) is 1.99. The zero-order valence-electron chi connectivity index (χ0n) is 9.99. The lowest BCUT2D eigenvalue weighted by Gasteiger charge is -2.26. The fourth-order valence-corrected chi connectivity index (χ4v) is 3.05. The molecule has 0 amide bonds. The molecule has 3 N–H and O–H groups in total. The number of nitrogens with zero attached hydrogens (tertiary/aromatic N) is 1. The predicted molar refractivity (Wildman–Crippen MR) is 70.6 cm³/mol. The number of nitrogens with two attached hydrogens (primary N) is 1. The summed E-state index contributed by atoms with van der Waals surface area (Å²) in [7, 11) is -0.714. The summed E-state index contributed by atoms with van der Waals surface area (Å²) in [5.41, 5.74) is 6.29. The minimum atomic E-state index is -0.714. The van der Waals surface area contributed by atoms with E-state index in [0.717, 1.165) is 13.1 Å². The molecule has 4 nitrogen and oxygen atoms in total. The van der Waals surface area contributed by atoms with E-state index in [-0.39, 0.29) is 11.7 Å². The Bertz CT molecular complexity index is 482. The Morgan fingerprint density at radius 3 is 2.67 bits per heavy atom. The summed E-state index contributed by atoms with van der Waals surface area (Å²) >= 11 is 0. The standard InChI is InChI=1S/C12H16FN3OS/c13-11-7-9(12(14)15)1-2-10(11)8-16-3-5-18(17)6-4-16/h1-2,7H,3-6,8H2,(H3,14,15). The number of benzene rings is 1. The van der Waals surface area contributed by atoms with Crippen LogP contribution in [0.3, 0.4) is 0 Å². The lowest BCUT2D eigenvalue weighted by atomic mass is 10.1. The van der Waals surface area contributed by atoms with Crippen molar-refractivity contribution < 1.29 is 8.60 Å². The van der Waals surface area contributed by atoms with Gasteiger partial charge in [0.1, 0.15) is 11.7 Å². The molecule has 18 heavy (non-hydrogen) atoms. The van der Waals surface area contributed by atoms with Gasteiger partial charge in [0, 0.05) is 53.1 Å². The van der Waals surface area contributed by atoms with E-state index in [1.165, 1.54) is 6.07 Å². The van der Waals surface area contributed by atoms with Crippen LogP contribution in [0.15, 0.2) is 18.2 Å². The third kappa shape index (κ3) is 3.14. The van der Waals surface area contributed by atoms with Gasteiger partial charge in [-0.05, 0) is 6.07 Å². The molecule has 1 aromatic carbocycles. The smallest absolute Gasteiger partial charge is 0.128 e. The average Bonchev–Trinajstić information content (AvgIpc) is 2.34. The van der Waals surface area contributed by atoms with E-state index in [1.807, 2.05) is 0 Å². The van der Waals surface area contributed by atoms with Gasteiger partial charge in [0.25, 0.3) is 0 Å². The second kappa shape index (κ2) is 5.58. The van der Waals surface area contributed by atoms with Gasteiger partial charge in [0.2, 0.25) is 0 Å². The molecule has 0 atom stereocenters. The van der Waals surface area contributed by atoms with Crippen LogP contribution in [-0.2, 0) is 17.3 Å². The number of nitrogen functional groups attached to an aromatic ring is 1.